The van der Waals surface area contributed by atoms with Crippen LogP contribution in [0.25, 0.3) is 0 Å². The van der Waals surface area contributed by atoms with Crippen molar-refractivity contribution in [1.29, 1.82) is 0 Å². The molecule has 0 aliphatic heterocycles. The van der Waals surface area contributed by atoms with Gasteiger partial charge in [-0.3, -0.25) is 9.59 Å². The Morgan fingerprint density at radius 3 is 2.14 bits per heavy atom. The Labute approximate surface area is 128 Å². The second-order valence-electron chi connectivity index (χ2n) is 6.92. The van der Waals surface area contributed by atoms with Crippen LogP contribution in [-0.2, 0) is 19.1 Å². The van der Waals surface area contributed by atoms with Crippen molar-refractivity contribution in [2.24, 2.45) is 10.8 Å². The summed E-state index contributed by atoms with van der Waals surface area (Å²) in [6.07, 6.45) is 1.04. The molecule has 0 bridgehead atoms. The molecule has 0 saturated heterocycles. The van der Waals surface area contributed by atoms with Gasteiger partial charge in [0.1, 0.15) is 5.78 Å². The smallest absolute Gasteiger partial charge is 0.225 e. The zero-order valence-electron chi connectivity index (χ0n) is 14.4. The van der Waals surface area contributed by atoms with Crippen LogP contribution < -0.4 is 5.32 Å². The predicted molar refractivity (Wildman–Crippen MR) is 83.2 cm³/mol. The third kappa shape index (κ3) is 8.83. The lowest BCUT2D eigenvalue weighted by Gasteiger charge is -2.23. The van der Waals surface area contributed by atoms with Gasteiger partial charge in [0.15, 0.2) is 0 Å². The van der Waals surface area contributed by atoms with Gasteiger partial charge in [-0.1, -0.05) is 34.6 Å². The number of ketones is 1. The maximum absolute atomic E-state index is 12.0. The quantitative estimate of drug-likeness (QED) is 0.628. The largest absolute Gasteiger partial charge is 0.383 e. The van der Waals surface area contributed by atoms with E-state index >= 15 is 0 Å². The second-order valence-corrected chi connectivity index (χ2v) is 6.92. The minimum atomic E-state index is -0.484. The molecule has 0 aliphatic carbocycles. The number of nitrogens with one attached hydrogen (secondary N) is 1. The number of rotatable bonds is 10. The molecule has 124 valence electrons. The van der Waals surface area contributed by atoms with Gasteiger partial charge in [0.25, 0.3) is 0 Å². The lowest BCUT2D eigenvalue weighted by Crippen LogP contribution is -2.39. The average molecular weight is 301 g/mol. The van der Waals surface area contributed by atoms with E-state index in [2.05, 4.69) is 5.32 Å². The fraction of sp³-hybridized carbons (Fsp3) is 0.875. The van der Waals surface area contributed by atoms with Gasteiger partial charge in [-0.15, -0.1) is 0 Å². The van der Waals surface area contributed by atoms with Gasteiger partial charge in [-0.25, -0.2) is 0 Å². The molecule has 1 N–H and O–H groups in total. The summed E-state index contributed by atoms with van der Waals surface area (Å²) in [5.74, 6) is 0.188. The number of carbonyl (C=O) groups excluding carboxylic acids is 2. The first-order valence-electron chi connectivity index (χ1n) is 7.49. The molecule has 0 heterocycles. The van der Waals surface area contributed by atoms with Crippen LogP contribution in [0.1, 0.15) is 47.5 Å². The first kappa shape index (κ1) is 20.1. The van der Waals surface area contributed by atoms with Crippen LogP contribution in [0.3, 0.4) is 0 Å². The SMILES string of the molecule is COCCNC(=O)C(C)(C)CCOCCC(=O)C(C)(C)C. The van der Waals surface area contributed by atoms with Gasteiger partial charge >= 0.3 is 0 Å². The molecule has 21 heavy (non-hydrogen) atoms. The summed E-state index contributed by atoms with van der Waals surface area (Å²) in [4.78, 5) is 23.7. The molecule has 0 fully saturated rings. The third-order valence-corrected chi connectivity index (χ3v) is 3.39. The van der Waals surface area contributed by atoms with E-state index in [0.717, 1.165) is 0 Å². The maximum Gasteiger partial charge on any atom is 0.225 e. The highest BCUT2D eigenvalue weighted by Gasteiger charge is 2.27. The van der Waals surface area contributed by atoms with E-state index in [1.165, 1.54) is 0 Å². The molecule has 0 unspecified atom stereocenters. The second kappa shape index (κ2) is 9.15. The fourth-order valence-corrected chi connectivity index (χ4v) is 1.59. The van der Waals surface area contributed by atoms with Crippen LogP contribution in [-0.4, -0.2) is 45.2 Å². The molecule has 0 aromatic heterocycles. The Balaban J connectivity index is 3.89. The van der Waals surface area contributed by atoms with E-state index in [4.69, 9.17) is 9.47 Å². The van der Waals surface area contributed by atoms with Crippen molar-refractivity contribution in [3.63, 3.8) is 0 Å². The molecule has 5 heteroatoms. The highest BCUT2D eigenvalue weighted by molar-refractivity contribution is 5.83. The van der Waals surface area contributed by atoms with Crippen molar-refractivity contribution >= 4 is 11.7 Å². The predicted octanol–water partition coefficient (Wildman–Crippen LogP) is 2.19. The van der Waals surface area contributed by atoms with Crippen LogP contribution in [0.5, 0.6) is 0 Å². The highest BCUT2D eigenvalue weighted by Crippen LogP contribution is 2.21. The summed E-state index contributed by atoms with van der Waals surface area (Å²) in [5, 5.41) is 2.83. The third-order valence-electron chi connectivity index (χ3n) is 3.39. The molecule has 1 amide bonds. The van der Waals surface area contributed by atoms with Crippen LogP contribution in [0.15, 0.2) is 0 Å². The van der Waals surface area contributed by atoms with Crippen molar-refractivity contribution < 1.29 is 19.1 Å². The summed E-state index contributed by atoms with van der Waals surface area (Å²) >= 11 is 0. The Hall–Kier alpha value is -0.940. The highest BCUT2D eigenvalue weighted by atomic mass is 16.5. The maximum atomic E-state index is 12.0. The molecular formula is C16H31NO4. The van der Waals surface area contributed by atoms with Crippen molar-refractivity contribution in [1.82, 2.24) is 5.32 Å². The minimum absolute atomic E-state index is 0.00563. The van der Waals surface area contributed by atoms with Crippen molar-refractivity contribution in [2.45, 2.75) is 47.5 Å². The molecule has 5 nitrogen and oxygen atoms in total. The molecule has 0 aromatic carbocycles. The molecule has 0 radical (unpaired) electrons. The number of hydrogen-bond donors (Lipinski definition) is 1. The first-order chi connectivity index (χ1) is 9.61. The molecule has 0 atom stereocenters. The normalized spacial score (nSPS) is 12.3. The molecule has 0 spiro atoms. The number of ether oxygens (including phenoxy) is 2. The van der Waals surface area contributed by atoms with E-state index in [0.29, 0.717) is 39.2 Å². The number of amides is 1. The number of carbonyl (C=O) groups is 2. The molecular weight excluding hydrogens is 270 g/mol. The standard InChI is InChI=1S/C16H31NO4/c1-15(2,3)13(18)7-10-21-11-8-16(4,5)14(19)17-9-12-20-6/h7-12H2,1-6H3,(H,17,19). The van der Waals surface area contributed by atoms with Gasteiger partial charge in [-0.05, 0) is 6.42 Å². The molecule has 0 aromatic rings. The Kier molecular flexibility index (Phi) is 8.74. The molecule has 0 saturated carbocycles. The average Bonchev–Trinajstić information content (AvgIpc) is 2.37. The lowest BCUT2D eigenvalue weighted by molar-refractivity contribution is -0.131. The fourth-order valence-electron chi connectivity index (χ4n) is 1.59. The zero-order chi connectivity index (χ0) is 16.5. The van der Waals surface area contributed by atoms with Gasteiger partial charge in [0.05, 0.1) is 13.2 Å². The summed E-state index contributed by atoms with van der Waals surface area (Å²) in [5.41, 5.74) is -0.800. The van der Waals surface area contributed by atoms with E-state index in [9.17, 15) is 9.59 Å². The van der Waals surface area contributed by atoms with Gasteiger partial charge < -0.3 is 14.8 Å². The van der Waals surface area contributed by atoms with Crippen molar-refractivity contribution in [2.75, 3.05) is 33.5 Å². The summed E-state index contributed by atoms with van der Waals surface area (Å²) in [6.45, 7) is 11.4. The molecule has 0 aliphatic rings. The number of methoxy groups -OCH3 is 1. The van der Waals surface area contributed by atoms with Crippen LogP contribution in [0.2, 0.25) is 0 Å². The van der Waals surface area contributed by atoms with E-state index in [1.54, 1.807) is 7.11 Å². The van der Waals surface area contributed by atoms with Crippen LogP contribution in [0.4, 0.5) is 0 Å². The first-order valence-corrected chi connectivity index (χ1v) is 7.49. The molecule has 0 rings (SSSR count). The van der Waals surface area contributed by atoms with Gasteiger partial charge in [0, 0.05) is 37.5 Å². The number of hydrogen-bond acceptors (Lipinski definition) is 4. The van der Waals surface area contributed by atoms with Gasteiger partial charge in [-0.2, -0.15) is 0 Å². The van der Waals surface area contributed by atoms with Crippen LogP contribution >= 0.6 is 0 Å². The summed E-state index contributed by atoms with van der Waals surface area (Å²) in [6, 6.07) is 0. The van der Waals surface area contributed by atoms with Crippen molar-refractivity contribution in [3.05, 3.63) is 0 Å². The van der Waals surface area contributed by atoms with E-state index in [1.807, 2.05) is 34.6 Å². The summed E-state index contributed by atoms with van der Waals surface area (Å²) < 4.78 is 10.4. The topological polar surface area (TPSA) is 64.6 Å². The lowest BCUT2D eigenvalue weighted by atomic mass is 9.88. The Bertz CT molecular complexity index is 332. The summed E-state index contributed by atoms with van der Waals surface area (Å²) in [7, 11) is 1.60. The van der Waals surface area contributed by atoms with E-state index in [-0.39, 0.29) is 17.1 Å². The minimum Gasteiger partial charge on any atom is -0.383 e. The van der Waals surface area contributed by atoms with Crippen LogP contribution in [0, 0.1) is 10.8 Å². The monoisotopic (exact) mass is 301 g/mol. The van der Waals surface area contributed by atoms with Crippen molar-refractivity contribution in [3.8, 4) is 0 Å². The zero-order valence-corrected chi connectivity index (χ0v) is 14.4. The Morgan fingerprint density at radius 2 is 1.62 bits per heavy atom. The number of Topliss-reactive ketones (excluding diaryl/α,β-unsaturated/α-hetero) is 1. The van der Waals surface area contributed by atoms with E-state index < -0.39 is 5.41 Å². The van der Waals surface area contributed by atoms with Gasteiger partial charge in [0.2, 0.25) is 5.91 Å². The Morgan fingerprint density at radius 1 is 1.00 bits per heavy atom.